The van der Waals surface area contributed by atoms with E-state index in [0.717, 1.165) is 51.3 Å². The number of hydrogen-bond donors (Lipinski definition) is 0. The maximum Gasteiger partial charge on any atom is 0.160 e. The summed E-state index contributed by atoms with van der Waals surface area (Å²) in [5, 5.41) is 9.61. The lowest BCUT2D eigenvalue weighted by molar-refractivity contribution is 0.347. The second kappa shape index (κ2) is 12.7. The molecule has 0 bridgehead atoms. The molecule has 6 aromatic rings. The lowest BCUT2D eigenvalue weighted by atomic mass is 9.73. The van der Waals surface area contributed by atoms with Crippen molar-refractivity contribution in [2.24, 2.45) is 5.92 Å². The Morgan fingerprint density at radius 3 is 2.13 bits per heavy atom. The highest BCUT2D eigenvalue weighted by Gasteiger charge is 2.48. The van der Waals surface area contributed by atoms with Crippen molar-refractivity contribution >= 4 is 11.4 Å². The summed E-state index contributed by atoms with van der Waals surface area (Å²) in [4.78, 5) is 12.9. The summed E-state index contributed by atoms with van der Waals surface area (Å²) in [6.07, 6.45) is 16.4. The first-order valence-corrected chi connectivity index (χ1v) is 19.1. The van der Waals surface area contributed by atoms with Crippen LogP contribution < -0.4 is 4.90 Å². The van der Waals surface area contributed by atoms with Gasteiger partial charge >= 0.3 is 0 Å². The minimum absolute atomic E-state index is 0.0890. The summed E-state index contributed by atoms with van der Waals surface area (Å²) in [6.45, 7) is 4.89. The molecule has 4 unspecified atom stereocenters. The highest BCUT2D eigenvalue weighted by molar-refractivity contribution is 5.85. The zero-order valence-electron chi connectivity index (χ0n) is 30.5. The van der Waals surface area contributed by atoms with Gasteiger partial charge in [0.2, 0.25) is 0 Å². The van der Waals surface area contributed by atoms with Crippen LogP contribution in [0.1, 0.15) is 60.8 Å². The number of anilines is 2. The zero-order valence-corrected chi connectivity index (χ0v) is 30.5. The number of benzene rings is 5. The van der Waals surface area contributed by atoms with E-state index in [1.165, 1.54) is 28.8 Å². The first kappa shape index (κ1) is 32.3. The van der Waals surface area contributed by atoms with Gasteiger partial charge < -0.3 is 4.90 Å². The number of allylic oxidation sites excluding steroid dienone is 4. The van der Waals surface area contributed by atoms with E-state index < -0.39 is 0 Å². The number of rotatable bonds is 5. The van der Waals surface area contributed by atoms with Gasteiger partial charge in [-0.15, -0.1) is 0 Å². The Morgan fingerprint density at radius 1 is 0.667 bits per heavy atom. The van der Waals surface area contributed by atoms with E-state index in [9.17, 15) is 5.26 Å². The molecule has 1 aromatic heterocycles. The fourth-order valence-corrected chi connectivity index (χ4v) is 9.54. The van der Waals surface area contributed by atoms with Crippen LogP contribution in [0.15, 0.2) is 158 Å². The smallest absolute Gasteiger partial charge is 0.160 e. The van der Waals surface area contributed by atoms with Crippen molar-refractivity contribution in [3.05, 3.63) is 180 Å². The van der Waals surface area contributed by atoms with Crippen LogP contribution in [0.3, 0.4) is 0 Å². The van der Waals surface area contributed by atoms with Gasteiger partial charge in [0.1, 0.15) is 0 Å². The average Bonchev–Trinajstić information content (AvgIpc) is 3.68. The van der Waals surface area contributed by atoms with Crippen LogP contribution in [-0.4, -0.2) is 16.0 Å². The summed E-state index contributed by atoms with van der Waals surface area (Å²) in [6, 6.07) is 45.1. The average molecular weight is 697 g/mol. The van der Waals surface area contributed by atoms with E-state index in [1.807, 2.05) is 36.4 Å². The number of hydrogen-bond acceptors (Lipinski definition) is 4. The number of aromatic nitrogens is 2. The van der Waals surface area contributed by atoms with E-state index >= 15 is 0 Å². The molecule has 0 saturated heterocycles. The number of fused-ring (bicyclic) bond motifs is 6. The molecule has 0 amide bonds. The molecule has 3 aliphatic carbocycles. The zero-order chi connectivity index (χ0) is 36.4. The van der Waals surface area contributed by atoms with Crippen LogP contribution in [0, 0.1) is 17.2 Å². The molecule has 0 saturated carbocycles. The third kappa shape index (κ3) is 5.26. The summed E-state index contributed by atoms with van der Waals surface area (Å²) in [7, 11) is 0. The van der Waals surface area contributed by atoms with Crippen LogP contribution in [-0.2, 0) is 5.41 Å². The molecule has 4 aliphatic rings. The first-order valence-electron chi connectivity index (χ1n) is 19.1. The van der Waals surface area contributed by atoms with Gasteiger partial charge in [-0.25, -0.2) is 9.97 Å². The molecule has 0 fully saturated rings. The molecular weight excluding hydrogens is 657 g/mol. The van der Waals surface area contributed by atoms with Gasteiger partial charge in [-0.05, 0) is 100 Å². The Labute approximate surface area is 317 Å². The molecule has 54 heavy (non-hydrogen) atoms. The van der Waals surface area contributed by atoms with Gasteiger partial charge in [0.25, 0.3) is 0 Å². The molecule has 260 valence electrons. The molecule has 5 aromatic carbocycles. The molecule has 2 heterocycles. The van der Waals surface area contributed by atoms with Gasteiger partial charge in [-0.1, -0.05) is 129 Å². The molecule has 10 rings (SSSR count). The van der Waals surface area contributed by atoms with Gasteiger partial charge in [0.05, 0.1) is 29.1 Å². The Kier molecular flexibility index (Phi) is 7.59. The largest absolute Gasteiger partial charge is 0.333 e. The van der Waals surface area contributed by atoms with Crippen molar-refractivity contribution in [3.8, 4) is 51.1 Å². The van der Waals surface area contributed by atoms with E-state index in [0.29, 0.717) is 23.2 Å². The molecule has 4 nitrogen and oxygen atoms in total. The normalized spacial score (nSPS) is 21.2. The van der Waals surface area contributed by atoms with Crippen molar-refractivity contribution in [2.45, 2.75) is 50.0 Å². The summed E-state index contributed by atoms with van der Waals surface area (Å²) in [5.41, 5.74) is 14.5. The quantitative estimate of drug-likeness (QED) is 0.168. The molecule has 0 radical (unpaired) electrons. The van der Waals surface area contributed by atoms with Gasteiger partial charge in [-0.2, -0.15) is 5.26 Å². The Bertz CT molecular complexity index is 2500. The van der Waals surface area contributed by atoms with Crippen molar-refractivity contribution in [2.75, 3.05) is 4.90 Å². The molecule has 4 heteroatoms. The second-order valence-electron chi connectivity index (χ2n) is 15.7. The lowest BCUT2D eigenvalue weighted by Gasteiger charge is -2.31. The monoisotopic (exact) mass is 696 g/mol. The Morgan fingerprint density at radius 2 is 1.37 bits per heavy atom. The fourth-order valence-electron chi connectivity index (χ4n) is 9.54. The van der Waals surface area contributed by atoms with Gasteiger partial charge in [0.15, 0.2) is 5.82 Å². The topological polar surface area (TPSA) is 52.8 Å². The molecule has 4 atom stereocenters. The number of nitriles is 1. The number of nitrogens with zero attached hydrogens (tertiary/aromatic N) is 4. The van der Waals surface area contributed by atoms with E-state index in [4.69, 9.17) is 9.97 Å². The second-order valence-corrected chi connectivity index (χ2v) is 15.7. The van der Waals surface area contributed by atoms with E-state index in [2.05, 4.69) is 146 Å². The van der Waals surface area contributed by atoms with Crippen LogP contribution in [0.2, 0.25) is 0 Å². The van der Waals surface area contributed by atoms with Gasteiger partial charge in [-0.3, -0.25) is 0 Å². The minimum Gasteiger partial charge on any atom is -0.333 e. The van der Waals surface area contributed by atoms with Crippen LogP contribution in [0.4, 0.5) is 11.4 Å². The van der Waals surface area contributed by atoms with Crippen molar-refractivity contribution in [1.82, 2.24) is 9.97 Å². The highest BCUT2D eigenvalue weighted by Crippen LogP contribution is 2.59. The first-order chi connectivity index (χ1) is 26.5. The predicted molar refractivity (Wildman–Crippen MR) is 220 cm³/mol. The SMILES string of the molecule is CC1(C)c2cc3c(cc2C2CCC=CC21)N(c1cc(-c2ccc(C#N)cc2)cc(-c2cc(-c4ccccc4)nc(-c4ccccc4)n2)c1)C1C=CC=CC31. The van der Waals surface area contributed by atoms with Crippen molar-refractivity contribution < 1.29 is 0 Å². The Balaban J connectivity index is 1.19. The fraction of sp³-hybridized carbons (Fsp3) is 0.180. The molecule has 1 aliphatic heterocycles. The molecular formula is C50H40N4. The van der Waals surface area contributed by atoms with Crippen LogP contribution >= 0.6 is 0 Å². The summed E-state index contributed by atoms with van der Waals surface area (Å²) < 4.78 is 0. The highest BCUT2D eigenvalue weighted by atomic mass is 15.2. The van der Waals surface area contributed by atoms with E-state index in [1.54, 1.807) is 0 Å². The van der Waals surface area contributed by atoms with Crippen LogP contribution in [0.25, 0.3) is 45.0 Å². The third-order valence-corrected chi connectivity index (χ3v) is 12.2. The summed E-state index contributed by atoms with van der Waals surface area (Å²) in [5.74, 6) is 2.00. The summed E-state index contributed by atoms with van der Waals surface area (Å²) >= 11 is 0. The van der Waals surface area contributed by atoms with Crippen molar-refractivity contribution in [3.63, 3.8) is 0 Å². The maximum atomic E-state index is 9.61. The third-order valence-electron chi connectivity index (χ3n) is 12.2. The molecule has 0 N–H and O–H groups in total. The van der Waals surface area contributed by atoms with E-state index in [-0.39, 0.29) is 17.4 Å². The Hall–Kier alpha value is -6.31. The van der Waals surface area contributed by atoms with Crippen LogP contribution in [0.5, 0.6) is 0 Å². The minimum atomic E-state index is 0.0890. The maximum absolute atomic E-state index is 9.61. The van der Waals surface area contributed by atoms with Crippen molar-refractivity contribution in [1.29, 1.82) is 5.26 Å². The molecule has 0 spiro atoms. The van der Waals surface area contributed by atoms with Gasteiger partial charge in [0, 0.05) is 34.0 Å². The standard InChI is InChI=1S/C50H40N4/c1-50(2)43-19-11-9-17-39(43)41-29-48-42(28-44(41)50)40-18-10-12-20-47(40)54(48)38-26-36(33-23-21-32(31-51)22-24-33)25-37(27-38)46-30-45(34-13-5-3-6-14-34)52-49(53-46)35-15-7-4-8-16-35/h3-8,10-16,18-30,39-40,43,47H,9,17H2,1-2H3. The lowest BCUT2D eigenvalue weighted by Crippen LogP contribution is -2.28. The predicted octanol–water partition coefficient (Wildman–Crippen LogP) is 12.1.